The van der Waals surface area contributed by atoms with Gasteiger partial charge in [-0.05, 0) is 35.8 Å². The number of hydrogen-bond donors (Lipinski definition) is 2. The van der Waals surface area contributed by atoms with Crippen molar-refractivity contribution in [2.75, 3.05) is 7.11 Å². The number of imidazole rings is 1. The second-order valence-electron chi connectivity index (χ2n) is 11.3. The Morgan fingerprint density at radius 1 is 0.971 bits per heavy atom. The number of alkyl halides is 2. The lowest BCUT2D eigenvalue weighted by Crippen LogP contribution is -2.52. The van der Waals surface area contributed by atoms with E-state index in [1.165, 1.54) is 24.1 Å². The van der Waals surface area contributed by atoms with Gasteiger partial charge in [-0.25, -0.2) is 8.78 Å². The highest BCUT2D eigenvalue weighted by molar-refractivity contribution is 5.96. The van der Waals surface area contributed by atoms with E-state index in [9.17, 15) is 9.90 Å². The minimum atomic E-state index is -3.21. The first-order chi connectivity index (χ1) is 15.9. The number of nitrogens with one attached hydrogen (secondary N) is 1. The van der Waals surface area contributed by atoms with Crippen molar-refractivity contribution in [1.82, 2.24) is 9.13 Å². The van der Waals surface area contributed by atoms with Crippen LogP contribution in [0, 0.1) is 5.41 Å². The van der Waals surface area contributed by atoms with E-state index >= 15 is 8.78 Å². The van der Waals surface area contributed by atoms with Gasteiger partial charge in [0.25, 0.3) is 5.92 Å². The number of hydrogen-bond acceptors (Lipinski definition) is 4. The summed E-state index contributed by atoms with van der Waals surface area (Å²) in [5, 5.41) is 19.3. The lowest BCUT2D eigenvalue weighted by molar-refractivity contribution is -0.207. The van der Waals surface area contributed by atoms with Crippen molar-refractivity contribution < 1.29 is 23.4 Å². The molecule has 0 aliphatic carbocycles. The molecule has 6 nitrogen and oxygen atoms in total. The summed E-state index contributed by atoms with van der Waals surface area (Å²) >= 11 is 0. The van der Waals surface area contributed by atoms with E-state index in [4.69, 9.17) is 10.1 Å². The fourth-order valence-electron chi connectivity index (χ4n) is 4.47. The molecular formula is C27H41F2N3O3. The van der Waals surface area contributed by atoms with E-state index in [0.717, 1.165) is 4.57 Å². The molecule has 0 aliphatic heterocycles. The third kappa shape index (κ3) is 5.68. The van der Waals surface area contributed by atoms with Gasteiger partial charge in [-0.15, -0.1) is 0 Å². The first-order valence-corrected chi connectivity index (χ1v) is 12.1. The van der Waals surface area contributed by atoms with Gasteiger partial charge in [-0.2, -0.15) is 0 Å². The van der Waals surface area contributed by atoms with Crippen LogP contribution in [-0.4, -0.2) is 38.7 Å². The Morgan fingerprint density at radius 2 is 1.43 bits per heavy atom. The molecule has 0 saturated heterocycles. The molecule has 0 amide bonds. The van der Waals surface area contributed by atoms with E-state index < -0.39 is 28.9 Å². The van der Waals surface area contributed by atoms with Crippen molar-refractivity contribution in [3.8, 4) is 5.75 Å². The summed E-state index contributed by atoms with van der Waals surface area (Å²) in [7, 11) is 1.28. The number of ether oxygens (including phenoxy) is 1. The Bertz CT molecular complexity index is 1070. The minimum Gasteiger partial charge on any atom is -0.507 e. The Labute approximate surface area is 207 Å². The van der Waals surface area contributed by atoms with Gasteiger partial charge < -0.3 is 19.0 Å². The first-order valence-electron chi connectivity index (χ1n) is 12.1. The molecule has 0 atom stereocenters. The third-order valence-corrected chi connectivity index (χ3v) is 6.90. The molecule has 35 heavy (non-hydrogen) atoms. The molecule has 0 aliphatic rings. The quantitative estimate of drug-likeness (QED) is 0.434. The molecule has 1 aromatic heterocycles. The fourth-order valence-corrected chi connectivity index (χ4v) is 4.47. The number of carbonyl (C=O) groups is 1. The number of aromatic hydroxyl groups is 1. The Morgan fingerprint density at radius 3 is 1.83 bits per heavy atom. The second kappa shape index (κ2) is 9.88. The number of nitrogens with zero attached hydrogens (tertiary/aromatic N) is 2. The smallest absolute Gasteiger partial charge is 0.293 e. The van der Waals surface area contributed by atoms with Crippen molar-refractivity contribution in [3.05, 3.63) is 46.8 Å². The summed E-state index contributed by atoms with van der Waals surface area (Å²) in [6.45, 7) is 14.2. The van der Waals surface area contributed by atoms with Crippen molar-refractivity contribution in [1.29, 1.82) is 5.41 Å². The van der Waals surface area contributed by atoms with Crippen LogP contribution >= 0.6 is 0 Å². The van der Waals surface area contributed by atoms with Gasteiger partial charge in [0.05, 0.1) is 13.1 Å². The largest absolute Gasteiger partial charge is 0.507 e. The van der Waals surface area contributed by atoms with Crippen molar-refractivity contribution >= 4 is 5.78 Å². The molecule has 0 spiro atoms. The average molecular weight is 494 g/mol. The normalized spacial score (nSPS) is 13.3. The third-order valence-electron chi connectivity index (χ3n) is 6.90. The van der Waals surface area contributed by atoms with Gasteiger partial charge in [0, 0.05) is 36.2 Å². The number of aromatic nitrogens is 2. The molecule has 1 heterocycles. The van der Waals surface area contributed by atoms with Crippen LogP contribution < -0.4 is 5.62 Å². The predicted octanol–water partition coefficient (Wildman–Crippen LogP) is 5.79. The number of methoxy groups -OCH3 is 1. The van der Waals surface area contributed by atoms with Crippen molar-refractivity contribution in [2.45, 2.75) is 104 Å². The van der Waals surface area contributed by atoms with Crippen LogP contribution in [0.15, 0.2) is 24.5 Å². The Balaban J connectivity index is 2.42. The van der Waals surface area contributed by atoms with Gasteiger partial charge in [0.15, 0.2) is 5.78 Å². The monoisotopic (exact) mass is 493 g/mol. The number of ketones is 1. The molecule has 0 radical (unpaired) electrons. The number of halogens is 2. The molecule has 2 N–H and O–H groups in total. The van der Waals surface area contributed by atoms with E-state index in [-0.39, 0.29) is 36.5 Å². The number of rotatable bonds is 9. The van der Waals surface area contributed by atoms with Gasteiger partial charge in [0.1, 0.15) is 11.4 Å². The highest BCUT2D eigenvalue weighted by Gasteiger charge is 2.52. The van der Waals surface area contributed by atoms with E-state index in [0.29, 0.717) is 16.7 Å². The highest BCUT2D eigenvalue weighted by Crippen LogP contribution is 2.40. The maximum Gasteiger partial charge on any atom is 0.293 e. The zero-order chi connectivity index (χ0) is 27.0. The Hall–Kier alpha value is -2.48. The SMILES string of the molecule is CCC(CC)(OC)C(F)(F)Cn1ccn(CC(=O)c2cc(C(C)(C)C)c(O)c(C(C)(C)C)c2)c1=N. The zero-order valence-electron chi connectivity index (χ0n) is 22.6. The zero-order valence-corrected chi connectivity index (χ0v) is 22.6. The molecule has 8 heteroatoms. The second-order valence-corrected chi connectivity index (χ2v) is 11.3. The number of carbonyl (C=O) groups excluding carboxylic acids is 1. The highest BCUT2D eigenvalue weighted by atomic mass is 19.3. The first kappa shape index (κ1) is 28.8. The number of phenolic OH excluding ortho intramolecular Hbond substituents is 1. The summed E-state index contributed by atoms with van der Waals surface area (Å²) in [6, 6.07) is 3.38. The van der Waals surface area contributed by atoms with Gasteiger partial charge in [-0.3, -0.25) is 10.2 Å². The summed E-state index contributed by atoms with van der Waals surface area (Å²) in [5.74, 6) is -3.29. The summed E-state index contributed by atoms with van der Waals surface area (Å²) in [5.41, 5.74) is -0.860. The molecule has 0 unspecified atom stereocenters. The van der Waals surface area contributed by atoms with Crippen LogP contribution in [0.4, 0.5) is 8.78 Å². The Kier molecular flexibility index (Phi) is 8.12. The minimum absolute atomic E-state index is 0.132. The number of phenols is 1. The van der Waals surface area contributed by atoms with Gasteiger partial charge in [0.2, 0.25) is 5.62 Å². The predicted molar refractivity (Wildman–Crippen MR) is 133 cm³/mol. The molecule has 2 rings (SSSR count). The van der Waals surface area contributed by atoms with Gasteiger partial charge >= 0.3 is 0 Å². The summed E-state index contributed by atoms with van der Waals surface area (Å²) in [4.78, 5) is 13.3. The lowest BCUT2D eigenvalue weighted by atomic mass is 9.78. The van der Waals surface area contributed by atoms with E-state index in [1.54, 1.807) is 26.0 Å². The van der Waals surface area contributed by atoms with Crippen molar-refractivity contribution in [3.63, 3.8) is 0 Å². The average Bonchev–Trinajstić information content (AvgIpc) is 3.06. The standard InChI is InChI=1S/C27H41F2N3O3/c1-10-26(11-2,35-9)27(28,29)17-32-13-12-31(23(32)30)16-21(33)18-14-19(24(3,4)5)22(34)20(15-18)25(6,7)8/h12-15,30,34H,10-11,16-17H2,1-9H3. The van der Waals surface area contributed by atoms with E-state index in [2.05, 4.69) is 0 Å². The molecule has 2 aromatic rings. The topological polar surface area (TPSA) is 80.2 Å². The van der Waals surface area contributed by atoms with Crippen molar-refractivity contribution in [2.24, 2.45) is 0 Å². The van der Waals surface area contributed by atoms with Crippen LogP contribution in [0.25, 0.3) is 0 Å². The number of Topliss-reactive ketones (excluding diaryl/α,β-unsaturated/α-hetero) is 1. The van der Waals surface area contributed by atoms with Crippen LogP contribution in [0.1, 0.15) is 89.7 Å². The summed E-state index contributed by atoms with van der Waals surface area (Å²) < 4.78 is 38.1. The molecule has 1 aromatic carbocycles. The molecule has 196 valence electrons. The summed E-state index contributed by atoms with van der Waals surface area (Å²) in [6.07, 6.45) is 3.13. The van der Waals surface area contributed by atoms with Crippen LogP contribution in [-0.2, 0) is 28.7 Å². The molecule has 0 saturated carbocycles. The molecular weight excluding hydrogens is 452 g/mol. The van der Waals surface area contributed by atoms with Crippen LogP contribution in [0.5, 0.6) is 5.75 Å². The number of benzene rings is 1. The van der Waals surface area contributed by atoms with Crippen LogP contribution in [0.2, 0.25) is 0 Å². The molecule has 0 fully saturated rings. The van der Waals surface area contributed by atoms with Gasteiger partial charge in [-0.1, -0.05) is 55.4 Å². The lowest BCUT2D eigenvalue weighted by Gasteiger charge is -2.38. The van der Waals surface area contributed by atoms with Crippen LogP contribution in [0.3, 0.4) is 0 Å². The van der Waals surface area contributed by atoms with E-state index in [1.807, 2.05) is 41.5 Å². The molecule has 0 bridgehead atoms. The fraction of sp³-hybridized carbons (Fsp3) is 0.630. The maximum absolute atomic E-state index is 15.2. The maximum atomic E-state index is 15.2.